The summed E-state index contributed by atoms with van der Waals surface area (Å²) < 4.78 is 4.45. The Balaban J connectivity index is 1.14. The first-order valence-corrected chi connectivity index (χ1v) is 21.1. The molecule has 1 aliphatic carbocycles. The summed E-state index contributed by atoms with van der Waals surface area (Å²) in [5.41, 5.74) is 18.9. The monoisotopic (exact) mass is 782 g/mol. The van der Waals surface area contributed by atoms with Crippen molar-refractivity contribution < 1.29 is 0 Å². The standard InChI is InChI=1S/C57H42N4/c1-57(2)48-27-12-11-20-41(48)44-25-15-26-45(54(44)57)53-42-23-13-21-39(37-28-30-49-51(32-37)60(3)55(58-49)35-16-7-5-8-17-35)46(42)34-47-40(22-14-24-43(47)53)38-29-31-50-52(33-38)61(4)56(59-50)36-18-9-6-10-19-36/h5-34H,1-4H3. The molecule has 2 heterocycles. The molecule has 61 heavy (non-hydrogen) atoms. The van der Waals surface area contributed by atoms with Crippen LogP contribution in [0.25, 0.3) is 111 Å². The predicted molar refractivity (Wildman–Crippen MR) is 255 cm³/mol. The summed E-state index contributed by atoms with van der Waals surface area (Å²) in [4.78, 5) is 10.2. The first-order valence-electron chi connectivity index (χ1n) is 21.1. The summed E-state index contributed by atoms with van der Waals surface area (Å²) in [6.45, 7) is 4.79. The number of imidazole rings is 2. The molecule has 2 aromatic heterocycles. The fraction of sp³-hybridized carbons (Fsp3) is 0.0877. The highest BCUT2D eigenvalue weighted by Gasteiger charge is 2.38. The average molecular weight is 783 g/mol. The van der Waals surface area contributed by atoms with Crippen molar-refractivity contribution in [1.82, 2.24) is 19.1 Å². The van der Waals surface area contributed by atoms with Crippen LogP contribution in [0.1, 0.15) is 25.0 Å². The molecule has 0 unspecified atom stereocenters. The molecule has 0 saturated heterocycles. The van der Waals surface area contributed by atoms with Crippen LogP contribution >= 0.6 is 0 Å². The fourth-order valence-corrected chi connectivity index (χ4v) is 10.4. The maximum atomic E-state index is 5.09. The molecule has 290 valence electrons. The smallest absolute Gasteiger partial charge is 0.140 e. The van der Waals surface area contributed by atoms with Gasteiger partial charge in [0.05, 0.1) is 22.1 Å². The Morgan fingerprint density at radius 1 is 0.377 bits per heavy atom. The van der Waals surface area contributed by atoms with Crippen LogP contribution in [0.2, 0.25) is 0 Å². The Morgan fingerprint density at radius 2 is 0.836 bits per heavy atom. The molecule has 11 aromatic rings. The van der Waals surface area contributed by atoms with Gasteiger partial charge in [0.25, 0.3) is 0 Å². The van der Waals surface area contributed by atoms with E-state index in [1.54, 1.807) is 0 Å². The van der Waals surface area contributed by atoms with Crippen molar-refractivity contribution in [2.75, 3.05) is 0 Å². The van der Waals surface area contributed by atoms with Crippen LogP contribution in [-0.2, 0) is 19.5 Å². The molecule has 0 saturated carbocycles. The lowest BCUT2D eigenvalue weighted by atomic mass is 9.77. The van der Waals surface area contributed by atoms with Gasteiger partial charge in [0.1, 0.15) is 11.6 Å². The van der Waals surface area contributed by atoms with Gasteiger partial charge in [0, 0.05) is 30.6 Å². The fourth-order valence-electron chi connectivity index (χ4n) is 10.4. The maximum absolute atomic E-state index is 5.09. The van der Waals surface area contributed by atoms with Gasteiger partial charge in [-0.05, 0) is 108 Å². The quantitative estimate of drug-likeness (QED) is 0.163. The molecule has 0 atom stereocenters. The van der Waals surface area contributed by atoms with Crippen LogP contribution in [0.4, 0.5) is 0 Å². The molecule has 9 aromatic carbocycles. The highest BCUT2D eigenvalue weighted by atomic mass is 15.1. The van der Waals surface area contributed by atoms with Crippen LogP contribution < -0.4 is 0 Å². The van der Waals surface area contributed by atoms with Gasteiger partial charge in [-0.3, -0.25) is 0 Å². The second kappa shape index (κ2) is 13.2. The van der Waals surface area contributed by atoms with E-state index in [4.69, 9.17) is 9.97 Å². The van der Waals surface area contributed by atoms with E-state index in [1.807, 2.05) is 0 Å². The molecule has 0 amide bonds. The van der Waals surface area contributed by atoms with Gasteiger partial charge in [-0.15, -0.1) is 0 Å². The first kappa shape index (κ1) is 35.4. The van der Waals surface area contributed by atoms with Gasteiger partial charge in [0.15, 0.2) is 0 Å². The van der Waals surface area contributed by atoms with Gasteiger partial charge in [-0.1, -0.05) is 166 Å². The maximum Gasteiger partial charge on any atom is 0.140 e. The Bertz CT molecular complexity index is 3390. The first-order chi connectivity index (χ1) is 29.8. The van der Waals surface area contributed by atoms with Crippen LogP contribution in [0.5, 0.6) is 0 Å². The zero-order valence-electron chi connectivity index (χ0n) is 34.6. The number of benzene rings is 9. The molecule has 0 fully saturated rings. The van der Waals surface area contributed by atoms with E-state index in [0.29, 0.717) is 0 Å². The minimum Gasteiger partial charge on any atom is -0.327 e. The van der Waals surface area contributed by atoms with Gasteiger partial charge in [0.2, 0.25) is 0 Å². The zero-order valence-corrected chi connectivity index (χ0v) is 34.6. The molecule has 0 N–H and O–H groups in total. The summed E-state index contributed by atoms with van der Waals surface area (Å²) >= 11 is 0. The van der Waals surface area contributed by atoms with Crippen LogP contribution in [0.3, 0.4) is 0 Å². The van der Waals surface area contributed by atoms with Crippen molar-refractivity contribution in [1.29, 1.82) is 0 Å². The lowest BCUT2D eigenvalue weighted by molar-refractivity contribution is 0.662. The second-order valence-corrected chi connectivity index (χ2v) is 17.1. The molecular formula is C57H42N4. The molecule has 0 aliphatic heterocycles. The molecule has 4 heteroatoms. The molecule has 4 nitrogen and oxygen atoms in total. The highest BCUT2D eigenvalue weighted by Crippen LogP contribution is 2.54. The van der Waals surface area contributed by atoms with E-state index in [9.17, 15) is 0 Å². The minimum absolute atomic E-state index is 0.186. The molecule has 12 rings (SSSR count). The van der Waals surface area contributed by atoms with E-state index in [2.05, 4.69) is 219 Å². The molecule has 0 bridgehead atoms. The lowest BCUT2D eigenvalue weighted by Crippen LogP contribution is -2.16. The van der Waals surface area contributed by atoms with Crippen molar-refractivity contribution in [2.24, 2.45) is 14.1 Å². The van der Waals surface area contributed by atoms with E-state index in [0.717, 1.165) is 44.8 Å². The van der Waals surface area contributed by atoms with E-state index < -0.39 is 0 Å². The van der Waals surface area contributed by atoms with Crippen LogP contribution in [0.15, 0.2) is 182 Å². The number of aryl methyl sites for hydroxylation is 2. The highest BCUT2D eigenvalue weighted by molar-refractivity contribution is 6.20. The third-order valence-corrected chi connectivity index (χ3v) is 13.3. The number of fused-ring (bicyclic) bond motifs is 7. The van der Waals surface area contributed by atoms with Crippen molar-refractivity contribution in [3.05, 3.63) is 193 Å². The third kappa shape index (κ3) is 5.25. The zero-order chi connectivity index (χ0) is 41.0. The number of hydrogen-bond acceptors (Lipinski definition) is 2. The number of nitrogens with zero attached hydrogens (tertiary/aromatic N) is 4. The van der Waals surface area contributed by atoms with Crippen molar-refractivity contribution >= 4 is 43.6 Å². The van der Waals surface area contributed by atoms with E-state index in [-0.39, 0.29) is 5.41 Å². The second-order valence-electron chi connectivity index (χ2n) is 17.1. The Morgan fingerprint density at radius 3 is 1.39 bits per heavy atom. The summed E-state index contributed by atoms with van der Waals surface area (Å²) in [5, 5.41) is 4.93. The van der Waals surface area contributed by atoms with E-state index >= 15 is 0 Å². The summed E-state index contributed by atoms with van der Waals surface area (Å²) in [7, 11) is 4.25. The Kier molecular flexibility index (Phi) is 7.67. The van der Waals surface area contributed by atoms with Crippen LogP contribution in [-0.4, -0.2) is 19.1 Å². The van der Waals surface area contributed by atoms with Gasteiger partial charge in [-0.25, -0.2) is 9.97 Å². The Hall–Kier alpha value is -7.56. The van der Waals surface area contributed by atoms with Crippen LogP contribution in [0, 0.1) is 0 Å². The SMILES string of the molecule is Cn1c(-c2ccccc2)nc2ccc(-c3cccc4c(-c5cccc6c5C(C)(C)c5ccccc5-6)c5cccc(-c6ccc7nc(-c8ccccc8)n(C)c7c6)c5cc34)cc21. The molecule has 1 aliphatic rings. The van der Waals surface area contributed by atoms with Crippen molar-refractivity contribution in [3.63, 3.8) is 0 Å². The lowest BCUT2D eigenvalue weighted by Gasteiger charge is -2.26. The molecule has 0 spiro atoms. The van der Waals surface area contributed by atoms with Gasteiger partial charge in [-0.2, -0.15) is 0 Å². The number of aromatic nitrogens is 4. The Labute approximate surface area is 355 Å². The number of hydrogen-bond donors (Lipinski definition) is 0. The third-order valence-electron chi connectivity index (χ3n) is 13.3. The number of rotatable bonds is 5. The topological polar surface area (TPSA) is 35.6 Å². The van der Waals surface area contributed by atoms with Gasteiger partial charge < -0.3 is 9.13 Å². The summed E-state index contributed by atoms with van der Waals surface area (Å²) in [6, 6.07) is 66.5. The molecule has 0 radical (unpaired) electrons. The van der Waals surface area contributed by atoms with Gasteiger partial charge >= 0.3 is 0 Å². The summed E-state index contributed by atoms with van der Waals surface area (Å²) in [6.07, 6.45) is 0. The molecular weight excluding hydrogens is 741 g/mol. The largest absolute Gasteiger partial charge is 0.327 e. The average Bonchev–Trinajstić information content (AvgIpc) is 3.90. The van der Waals surface area contributed by atoms with Crippen molar-refractivity contribution in [2.45, 2.75) is 19.3 Å². The van der Waals surface area contributed by atoms with Crippen molar-refractivity contribution in [3.8, 4) is 67.3 Å². The normalized spacial score (nSPS) is 13.0. The van der Waals surface area contributed by atoms with E-state index in [1.165, 1.54) is 77.2 Å². The predicted octanol–water partition coefficient (Wildman–Crippen LogP) is 14.4. The summed E-state index contributed by atoms with van der Waals surface area (Å²) in [5.74, 6) is 1.93. The minimum atomic E-state index is -0.186.